The third-order valence-electron chi connectivity index (χ3n) is 3.70. The van der Waals surface area contributed by atoms with Crippen LogP contribution in [0.3, 0.4) is 0 Å². The minimum atomic E-state index is -1.72. The van der Waals surface area contributed by atoms with Crippen molar-refractivity contribution < 1.29 is 14.5 Å². The average Bonchev–Trinajstić information content (AvgIpc) is 2.55. The van der Waals surface area contributed by atoms with Gasteiger partial charge < -0.3 is 4.74 Å². The number of carbonyl (C=O) groups excluding carboxylic acids is 1. The number of hydrogen-bond acceptors (Lipinski definition) is 4. The van der Waals surface area contributed by atoms with Gasteiger partial charge in [-0.15, -0.1) is 0 Å². The molecular weight excluding hydrogens is 282 g/mol. The van der Waals surface area contributed by atoms with E-state index in [1.54, 1.807) is 19.1 Å². The summed E-state index contributed by atoms with van der Waals surface area (Å²) < 4.78 is 5.14. The highest BCUT2D eigenvalue weighted by atomic mass is 16.6. The molecule has 2 aromatic carbocycles. The number of nitro groups is 1. The predicted molar refractivity (Wildman–Crippen MR) is 83.2 cm³/mol. The number of nitrogens with zero attached hydrogens (tertiary/aromatic N) is 1. The second-order valence-corrected chi connectivity index (χ2v) is 5.16. The number of hydrogen-bond donors (Lipinski definition) is 0. The molecule has 1 unspecified atom stereocenters. The third kappa shape index (κ3) is 3.14. The first-order valence-electron chi connectivity index (χ1n) is 6.99. The topological polar surface area (TPSA) is 69.4 Å². The Morgan fingerprint density at radius 1 is 1.09 bits per heavy atom. The van der Waals surface area contributed by atoms with E-state index in [1.165, 1.54) is 6.92 Å². The van der Waals surface area contributed by atoms with Crippen molar-refractivity contribution in [3.05, 3.63) is 64.7 Å². The molecule has 0 aliphatic rings. The van der Waals surface area contributed by atoms with Crippen LogP contribution in [0.1, 0.15) is 20.3 Å². The summed E-state index contributed by atoms with van der Waals surface area (Å²) in [6.45, 7) is 2.86. The molecule has 1 atom stereocenters. The Balaban J connectivity index is 2.15. The van der Waals surface area contributed by atoms with Gasteiger partial charge >= 0.3 is 11.5 Å². The lowest BCUT2D eigenvalue weighted by Gasteiger charge is -2.17. The van der Waals surface area contributed by atoms with E-state index in [4.69, 9.17) is 4.74 Å². The standard InChI is InChI=1S/C17H17NO4/c1-3-17(2,18(20)21)16(19)22-15-11-9-14(10-12-15)13-7-5-4-6-8-13/h4-12H,3H2,1-2H3. The Labute approximate surface area is 128 Å². The van der Waals surface area contributed by atoms with Gasteiger partial charge in [0.2, 0.25) is 0 Å². The molecule has 5 heteroatoms. The molecule has 0 aliphatic heterocycles. The maximum atomic E-state index is 12.0. The van der Waals surface area contributed by atoms with Crippen LogP contribution in [0.25, 0.3) is 11.1 Å². The van der Waals surface area contributed by atoms with Crippen LogP contribution >= 0.6 is 0 Å². The minimum Gasteiger partial charge on any atom is -0.421 e. The fourth-order valence-electron chi connectivity index (χ4n) is 1.91. The van der Waals surface area contributed by atoms with Gasteiger partial charge in [-0.3, -0.25) is 10.1 Å². The normalized spacial score (nSPS) is 13.2. The molecule has 2 aromatic rings. The lowest BCUT2D eigenvalue weighted by molar-refractivity contribution is -0.550. The Kier molecular flexibility index (Phi) is 4.56. The second-order valence-electron chi connectivity index (χ2n) is 5.16. The van der Waals surface area contributed by atoms with Crippen LogP contribution in [0.4, 0.5) is 0 Å². The quantitative estimate of drug-likeness (QED) is 0.365. The van der Waals surface area contributed by atoms with E-state index in [1.807, 2.05) is 42.5 Å². The molecule has 5 nitrogen and oxygen atoms in total. The molecule has 0 saturated carbocycles. The zero-order valence-corrected chi connectivity index (χ0v) is 12.5. The number of ether oxygens (including phenoxy) is 1. The number of esters is 1. The number of carbonyl (C=O) groups is 1. The van der Waals surface area contributed by atoms with E-state index in [0.29, 0.717) is 5.75 Å². The van der Waals surface area contributed by atoms with Gasteiger partial charge in [-0.2, -0.15) is 0 Å². The summed E-state index contributed by atoms with van der Waals surface area (Å²) in [5.41, 5.74) is 0.301. The molecule has 0 heterocycles. The molecule has 0 bridgehead atoms. The second kappa shape index (κ2) is 6.39. The zero-order chi connectivity index (χ0) is 16.2. The van der Waals surface area contributed by atoms with Crippen LogP contribution in [0.5, 0.6) is 5.75 Å². The zero-order valence-electron chi connectivity index (χ0n) is 12.5. The van der Waals surface area contributed by atoms with E-state index < -0.39 is 16.4 Å². The van der Waals surface area contributed by atoms with E-state index in [-0.39, 0.29) is 6.42 Å². The summed E-state index contributed by atoms with van der Waals surface area (Å²) in [5.74, 6) is -0.557. The summed E-state index contributed by atoms with van der Waals surface area (Å²) in [6.07, 6.45) is 0.0704. The van der Waals surface area contributed by atoms with Gasteiger partial charge in [-0.25, -0.2) is 4.79 Å². The Hall–Kier alpha value is -2.69. The smallest absolute Gasteiger partial charge is 0.389 e. The summed E-state index contributed by atoms with van der Waals surface area (Å²) in [5, 5.41) is 11.0. The van der Waals surface area contributed by atoms with Crippen LogP contribution in [0.2, 0.25) is 0 Å². The van der Waals surface area contributed by atoms with E-state index in [9.17, 15) is 14.9 Å². The van der Waals surface area contributed by atoms with Crippen molar-refractivity contribution in [2.45, 2.75) is 25.8 Å². The van der Waals surface area contributed by atoms with Crippen LogP contribution < -0.4 is 4.74 Å². The van der Waals surface area contributed by atoms with Crippen LogP contribution in [-0.4, -0.2) is 16.4 Å². The lowest BCUT2D eigenvalue weighted by atomic mass is 10.0. The van der Waals surface area contributed by atoms with Gasteiger partial charge in [0.1, 0.15) is 5.75 Å². The van der Waals surface area contributed by atoms with E-state index in [0.717, 1.165) is 11.1 Å². The SMILES string of the molecule is CCC(C)(C(=O)Oc1ccc(-c2ccccc2)cc1)[N+](=O)[O-]. The molecule has 0 aliphatic carbocycles. The highest BCUT2D eigenvalue weighted by Gasteiger charge is 2.46. The first kappa shape index (κ1) is 15.7. The summed E-state index contributed by atoms with van der Waals surface area (Å²) in [4.78, 5) is 22.4. The predicted octanol–water partition coefficient (Wildman–Crippen LogP) is 3.70. The Morgan fingerprint density at radius 2 is 1.64 bits per heavy atom. The molecule has 0 spiro atoms. The molecule has 0 radical (unpaired) electrons. The highest BCUT2D eigenvalue weighted by Crippen LogP contribution is 2.24. The summed E-state index contributed by atoms with van der Waals surface area (Å²) in [7, 11) is 0. The molecule has 114 valence electrons. The first-order valence-corrected chi connectivity index (χ1v) is 6.99. The molecule has 22 heavy (non-hydrogen) atoms. The van der Waals surface area contributed by atoms with Crippen LogP contribution in [0.15, 0.2) is 54.6 Å². The minimum absolute atomic E-state index is 0.0704. The van der Waals surface area contributed by atoms with Crippen molar-refractivity contribution in [3.8, 4) is 16.9 Å². The largest absolute Gasteiger partial charge is 0.421 e. The summed E-state index contributed by atoms with van der Waals surface area (Å²) >= 11 is 0. The molecule has 0 N–H and O–H groups in total. The monoisotopic (exact) mass is 299 g/mol. The van der Waals surface area contributed by atoms with Crippen molar-refractivity contribution in [3.63, 3.8) is 0 Å². The van der Waals surface area contributed by atoms with Crippen molar-refractivity contribution in [2.24, 2.45) is 0 Å². The van der Waals surface area contributed by atoms with Crippen LogP contribution in [-0.2, 0) is 4.79 Å². The highest BCUT2D eigenvalue weighted by molar-refractivity contribution is 5.81. The van der Waals surface area contributed by atoms with Gasteiger partial charge in [0.05, 0.1) is 0 Å². The number of rotatable bonds is 5. The maximum Gasteiger partial charge on any atom is 0.389 e. The molecular formula is C17H17NO4. The average molecular weight is 299 g/mol. The van der Waals surface area contributed by atoms with E-state index >= 15 is 0 Å². The van der Waals surface area contributed by atoms with Crippen LogP contribution in [0, 0.1) is 10.1 Å². The van der Waals surface area contributed by atoms with Gasteiger partial charge in [0.25, 0.3) is 0 Å². The lowest BCUT2D eigenvalue weighted by Crippen LogP contribution is -2.45. The molecule has 0 fully saturated rings. The molecule has 0 aromatic heterocycles. The van der Waals surface area contributed by atoms with Gasteiger partial charge in [-0.1, -0.05) is 49.4 Å². The fourth-order valence-corrected chi connectivity index (χ4v) is 1.91. The van der Waals surface area contributed by atoms with Crippen molar-refractivity contribution >= 4 is 5.97 Å². The van der Waals surface area contributed by atoms with Gasteiger partial charge in [0, 0.05) is 18.3 Å². The Bertz CT molecular complexity index is 667. The first-order chi connectivity index (χ1) is 10.5. The van der Waals surface area contributed by atoms with Crippen molar-refractivity contribution in [1.82, 2.24) is 0 Å². The molecule has 0 amide bonds. The van der Waals surface area contributed by atoms with Crippen molar-refractivity contribution in [2.75, 3.05) is 0 Å². The molecule has 0 saturated heterocycles. The van der Waals surface area contributed by atoms with Gasteiger partial charge in [0.15, 0.2) is 0 Å². The van der Waals surface area contributed by atoms with E-state index in [2.05, 4.69) is 0 Å². The Morgan fingerprint density at radius 3 is 2.14 bits per heavy atom. The van der Waals surface area contributed by atoms with Gasteiger partial charge in [-0.05, 0) is 23.3 Å². The fraction of sp³-hybridized carbons (Fsp3) is 0.235. The maximum absolute atomic E-state index is 12.0. The van der Waals surface area contributed by atoms with Crippen molar-refractivity contribution in [1.29, 1.82) is 0 Å². The molecule has 2 rings (SSSR count). The third-order valence-corrected chi connectivity index (χ3v) is 3.70. The number of benzene rings is 2. The summed E-state index contributed by atoms with van der Waals surface area (Å²) in [6, 6.07) is 16.7.